The Balaban J connectivity index is 1.57. The lowest BCUT2D eigenvalue weighted by molar-refractivity contribution is 0.0980. The number of methoxy groups -OCH3 is 1. The molecular weight excluding hydrogens is 599 g/mol. The minimum absolute atomic E-state index is 0.0913. The first-order chi connectivity index (χ1) is 18.9. The molecule has 1 aliphatic rings. The zero-order chi connectivity index (χ0) is 28.8. The number of hydrogen-bond donors (Lipinski definition) is 2. The van der Waals surface area contributed by atoms with E-state index in [-0.39, 0.29) is 49.2 Å². The first-order valence-electron chi connectivity index (χ1n) is 11.5. The number of anilines is 4. The number of ether oxygens (including phenoxy) is 1. The van der Waals surface area contributed by atoms with Gasteiger partial charge in [0.25, 0.3) is 18.1 Å². The fourth-order valence-corrected chi connectivity index (χ4v) is 5.99. The van der Waals surface area contributed by atoms with Crippen molar-refractivity contribution in [3.05, 3.63) is 101 Å². The van der Waals surface area contributed by atoms with Gasteiger partial charge in [0.05, 0.1) is 45.1 Å². The van der Waals surface area contributed by atoms with Crippen LogP contribution in [0.4, 0.5) is 22.7 Å². The quantitative estimate of drug-likeness (QED) is 0.217. The fraction of sp³-hybridized carbons (Fsp3) is 0.0370. The van der Waals surface area contributed by atoms with Crippen molar-refractivity contribution in [2.24, 2.45) is 0 Å². The van der Waals surface area contributed by atoms with E-state index in [1.807, 2.05) is 0 Å². The molecule has 0 unspecified atom stereocenters. The Morgan fingerprint density at radius 3 is 1.70 bits per heavy atom. The second-order valence-corrected chi connectivity index (χ2v) is 13.8. The molecule has 204 valence electrons. The summed E-state index contributed by atoms with van der Waals surface area (Å²) in [5.41, 5.74) is 1.56. The number of nitrogens with one attached hydrogen (secondary N) is 2. The molecule has 40 heavy (non-hydrogen) atoms. The third-order valence-corrected chi connectivity index (χ3v) is 8.89. The van der Waals surface area contributed by atoms with Crippen molar-refractivity contribution in [1.82, 2.24) is 0 Å². The minimum atomic E-state index is -4.05. The van der Waals surface area contributed by atoms with Crippen LogP contribution in [-0.4, -0.2) is 35.5 Å². The summed E-state index contributed by atoms with van der Waals surface area (Å²) in [7, 11) is 4.33. The second kappa shape index (κ2) is 10.3. The van der Waals surface area contributed by atoms with Gasteiger partial charge in [0, 0.05) is 38.2 Å². The van der Waals surface area contributed by atoms with E-state index >= 15 is 0 Å². The normalized spacial score (nSPS) is 12.9. The molecule has 0 heterocycles. The molecule has 13 heteroatoms. The molecule has 9 nitrogen and oxygen atoms in total. The van der Waals surface area contributed by atoms with Gasteiger partial charge in [0.2, 0.25) is 0 Å². The highest BCUT2D eigenvalue weighted by Crippen LogP contribution is 2.39. The Kier molecular flexibility index (Phi) is 7.09. The van der Waals surface area contributed by atoms with Crippen LogP contribution in [-0.2, 0) is 18.1 Å². The van der Waals surface area contributed by atoms with E-state index in [0.29, 0.717) is 11.4 Å². The number of rotatable bonds is 7. The topological polar surface area (TPSA) is 136 Å². The molecule has 5 rings (SSSR count). The summed E-state index contributed by atoms with van der Waals surface area (Å²) in [6.45, 7) is 0. The summed E-state index contributed by atoms with van der Waals surface area (Å²) in [6, 6.07) is 19.1. The average Bonchev–Trinajstić information content (AvgIpc) is 2.91. The summed E-state index contributed by atoms with van der Waals surface area (Å²) in [5, 5.41) is 6.03. The highest BCUT2D eigenvalue weighted by molar-refractivity contribution is 8.14. The van der Waals surface area contributed by atoms with Gasteiger partial charge in [-0.3, -0.25) is 9.59 Å². The molecule has 0 saturated carbocycles. The van der Waals surface area contributed by atoms with Crippen LogP contribution in [0.2, 0.25) is 0 Å². The van der Waals surface area contributed by atoms with Crippen LogP contribution < -0.4 is 15.4 Å². The van der Waals surface area contributed by atoms with Crippen LogP contribution in [0, 0.1) is 0 Å². The van der Waals surface area contributed by atoms with Gasteiger partial charge in [-0.05, 0) is 48.5 Å². The maximum atomic E-state index is 13.8. The summed E-state index contributed by atoms with van der Waals surface area (Å²) in [4.78, 5) is 27.2. The number of ketones is 2. The number of carbonyl (C=O) groups excluding carboxylic acids is 2. The molecule has 4 aromatic rings. The van der Waals surface area contributed by atoms with E-state index in [1.54, 1.807) is 30.3 Å². The maximum Gasteiger partial charge on any atom is 0.261 e. The van der Waals surface area contributed by atoms with Gasteiger partial charge in [-0.15, -0.1) is 0 Å². The zero-order valence-corrected chi connectivity index (χ0v) is 23.6. The highest BCUT2D eigenvalue weighted by atomic mass is 35.7. The molecule has 2 N–H and O–H groups in total. The Morgan fingerprint density at radius 1 is 0.625 bits per heavy atom. The molecule has 0 saturated heterocycles. The fourth-order valence-electron chi connectivity index (χ4n) is 4.41. The Bertz CT molecular complexity index is 1940. The number of fused-ring (bicyclic) bond motifs is 2. The maximum absolute atomic E-state index is 13.8. The average molecular weight is 617 g/mol. The van der Waals surface area contributed by atoms with Gasteiger partial charge >= 0.3 is 0 Å². The van der Waals surface area contributed by atoms with Crippen LogP contribution in [0.5, 0.6) is 5.75 Å². The first-order valence-corrected chi connectivity index (χ1v) is 16.1. The van der Waals surface area contributed by atoms with Crippen LogP contribution in [0.25, 0.3) is 0 Å². The minimum Gasteiger partial charge on any atom is -0.495 e. The molecule has 0 bridgehead atoms. The predicted molar refractivity (Wildman–Crippen MR) is 152 cm³/mol. The smallest absolute Gasteiger partial charge is 0.261 e. The Morgan fingerprint density at radius 2 is 1.15 bits per heavy atom. The van der Waals surface area contributed by atoms with E-state index in [4.69, 9.17) is 26.1 Å². The molecule has 0 fully saturated rings. The second-order valence-electron chi connectivity index (χ2n) is 8.63. The number of halogens is 2. The third-order valence-electron chi connectivity index (χ3n) is 6.19. The van der Waals surface area contributed by atoms with Crippen molar-refractivity contribution in [1.29, 1.82) is 0 Å². The summed E-state index contributed by atoms with van der Waals surface area (Å²) in [6.07, 6.45) is 0. The molecule has 0 radical (unpaired) electrons. The Labute approximate surface area is 238 Å². The molecule has 0 spiro atoms. The molecule has 0 aliphatic heterocycles. The van der Waals surface area contributed by atoms with Gasteiger partial charge in [-0.2, -0.15) is 0 Å². The van der Waals surface area contributed by atoms with Gasteiger partial charge in [-0.1, -0.05) is 30.3 Å². The highest BCUT2D eigenvalue weighted by Gasteiger charge is 2.34. The molecular formula is C27H18Cl2N2O7S2. The first kappa shape index (κ1) is 27.7. The van der Waals surface area contributed by atoms with Crippen LogP contribution in [0.1, 0.15) is 31.8 Å². The van der Waals surface area contributed by atoms with E-state index in [1.165, 1.54) is 55.6 Å². The van der Waals surface area contributed by atoms with Crippen molar-refractivity contribution in [3.8, 4) is 5.75 Å². The van der Waals surface area contributed by atoms with E-state index < -0.39 is 29.7 Å². The number of hydrogen-bond acceptors (Lipinski definition) is 9. The van der Waals surface area contributed by atoms with Crippen molar-refractivity contribution in [2.75, 3.05) is 17.7 Å². The largest absolute Gasteiger partial charge is 0.495 e. The third kappa shape index (κ3) is 5.16. The lowest BCUT2D eigenvalue weighted by Crippen LogP contribution is -2.23. The SMILES string of the molecule is COc1ccc(S(=O)(=O)Cl)cc1Nc1cccc2c1C(=O)c1cccc(Nc3cccc(S(=O)(=O)Cl)c3)c1C2=O. The van der Waals surface area contributed by atoms with E-state index in [2.05, 4.69) is 10.6 Å². The number of benzene rings is 4. The van der Waals surface area contributed by atoms with Crippen LogP contribution >= 0.6 is 21.4 Å². The molecule has 0 atom stereocenters. The van der Waals surface area contributed by atoms with Gasteiger partial charge in [0.1, 0.15) is 5.75 Å². The van der Waals surface area contributed by atoms with E-state index in [0.717, 1.165) is 0 Å². The van der Waals surface area contributed by atoms with Gasteiger partial charge in [-0.25, -0.2) is 16.8 Å². The van der Waals surface area contributed by atoms with Crippen LogP contribution in [0.15, 0.2) is 88.7 Å². The predicted octanol–water partition coefficient (Wildman–Crippen LogP) is 5.81. The number of carbonyl (C=O) groups is 2. The molecule has 0 amide bonds. The summed E-state index contributed by atoms with van der Waals surface area (Å²) in [5.74, 6) is -0.612. The van der Waals surface area contributed by atoms with Crippen LogP contribution in [0.3, 0.4) is 0 Å². The Hall–Kier alpha value is -3.90. The zero-order valence-electron chi connectivity index (χ0n) is 20.4. The summed E-state index contributed by atoms with van der Waals surface area (Å²) >= 11 is 0. The van der Waals surface area contributed by atoms with E-state index in [9.17, 15) is 26.4 Å². The van der Waals surface area contributed by atoms with Crippen molar-refractivity contribution >= 4 is 73.8 Å². The molecule has 0 aromatic heterocycles. The van der Waals surface area contributed by atoms with Gasteiger partial charge < -0.3 is 15.4 Å². The standard InChI is InChI=1S/C27H18Cl2N2O7S2/c1-38-23-12-11-17(40(29,36)37)14-22(23)31-21-10-4-8-19-25(21)27(33)18-7-3-9-20(24(18)26(19)32)30-15-5-2-6-16(13-15)39(28,34)35/h2-14,30-31H,1H3. The van der Waals surface area contributed by atoms with Crippen molar-refractivity contribution < 1.29 is 31.2 Å². The van der Waals surface area contributed by atoms with Crippen molar-refractivity contribution in [3.63, 3.8) is 0 Å². The van der Waals surface area contributed by atoms with Crippen molar-refractivity contribution in [2.45, 2.75) is 9.79 Å². The molecule has 1 aliphatic carbocycles. The lowest BCUT2D eigenvalue weighted by atomic mass is 9.82. The monoisotopic (exact) mass is 616 g/mol. The van der Waals surface area contributed by atoms with Gasteiger partial charge in [0.15, 0.2) is 11.6 Å². The molecule has 4 aromatic carbocycles. The lowest BCUT2D eigenvalue weighted by Gasteiger charge is -2.23. The summed E-state index contributed by atoms with van der Waals surface area (Å²) < 4.78 is 52.6.